The zero-order valence-electron chi connectivity index (χ0n) is 53.2. The zero-order chi connectivity index (χ0) is 58.9. The number of hydrogen-bond acceptors (Lipinski definition) is 12. The van der Waals surface area contributed by atoms with Crippen LogP contribution in [0, 0.1) is 35.5 Å². The molecule has 1 aromatic heterocycles. The zero-order valence-corrected chi connectivity index (χ0v) is 56.2. The van der Waals surface area contributed by atoms with Crippen molar-refractivity contribution in [3.05, 3.63) is 59.5 Å². The minimum atomic E-state index is -2.20. The molecule has 6 aliphatic rings. The van der Waals surface area contributed by atoms with E-state index < -0.39 is 36.7 Å². The number of nitrogens with zero attached hydrogens (tertiary/aromatic N) is 2. The Morgan fingerprint density at radius 1 is 0.852 bits per heavy atom. The highest BCUT2D eigenvalue weighted by Crippen LogP contribution is 2.48. The highest BCUT2D eigenvalue weighted by molar-refractivity contribution is 6.77. The van der Waals surface area contributed by atoms with Crippen molar-refractivity contribution in [1.82, 2.24) is 4.98 Å². The van der Waals surface area contributed by atoms with Crippen molar-refractivity contribution in [1.29, 1.82) is 0 Å². The number of fused-ring (bicyclic) bond motifs is 8. The summed E-state index contributed by atoms with van der Waals surface area (Å²) in [5.41, 5.74) is 6.57. The third-order valence-corrected chi connectivity index (χ3v) is 36.0. The molecular formula is C66H108N2O10Si3. The average molecular weight is 1170 g/mol. The summed E-state index contributed by atoms with van der Waals surface area (Å²) < 4.78 is 61.9. The monoisotopic (exact) mass is 1170 g/mol. The lowest BCUT2D eigenvalue weighted by atomic mass is 9.64. The first kappa shape index (κ1) is 65.8. The quantitative estimate of drug-likeness (QED) is 0.0383. The molecule has 0 aromatic carbocycles. The van der Waals surface area contributed by atoms with Crippen LogP contribution in [0.3, 0.4) is 0 Å². The molecule has 1 aromatic rings. The Balaban J connectivity index is 1.15. The van der Waals surface area contributed by atoms with Gasteiger partial charge in [0.2, 0.25) is 8.32 Å². The smallest absolute Gasteiger partial charge is 0.384 e. The molecule has 15 heteroatoms. The van der Waals surface area contributed by atoms with Crippen molar-refractivity contribution in [2.24, 2.45) is 28.7 Å². The lowest BCUT2D eigenvalue weighted by Gasteiger charge is -2.48. The number of carbonyl (C=O) groups excluding carboxylic acids is 1. The molecular weight excluding hydrogens is 1060 g/mol. The first-order valence-corrected chi connectivity index (χ1v) is 39.3. The summed E-state index contributed by atoms with van der Waals surface area (Å²) in [4.78, 5) is 24.3. The van der Waals surface area contributed by atoms with Crippen molar-refractivity contribution in [2.45, 2.75) is 288 Å². The number of esters is 1. The van der Waals surface area contributed by atoms with Crippen molar-refractivity contribution in [3.8, 4) is 11.8 Å². The van der Waals surface area contributed by atoms with E-state index in [9.17, 15) is 4.79 Å². The van der Waals surface area contributed by atoms with Gasteiger partial charge in [0.05, 0.1) is 55.3 Å². The van der Waals surface area contributed by atoms with Gasteiger partial charge in [0.25, 0.3) is 0 Å². The van der Waals surface area contributed by atoms with Gasteiger partial charge in [0, 0.05) is 57.3 Å². The third-order valence-electron chi connectivity index (χ3n) is 20.6. The van der Waals surface area contributed by atoms with Crippen molar-refractivity contribution in [2.75, 3.05) is 13.7 Å². The lowest BCUT2D eigenvalue weighted by Crippen LogP contribution is -2.57. The molecule has 0 radical (unpaired) electrons. The number of carbonyl (C=O) groups is 1. The molecule has 3 saturated heterocycles. The summed E-state index contributed by atoms with van der Waals surface area (Å²) in [6.45, 7) is 39.4. The van der Waals surface area contributed by atoms with Crippen LogP contribution in [0.1, 0.15) is 186 Å². The fourth-order valence-electron chi connectivity index (χ4n) is 15.5. The number of oxazole rings is 1. The average Bonchev–Trinajstić information content (AvgIpc) is 4.30. The van der Waals surface area contributed by atoms with Gasteiger partial charge >= 0.3 is 5.97 Å². The van der Waals surface area contributed by atoms with Crippen LogP contribution in [-0.4, -0.2) is 110 Å². The molecule has 12 nitrogen and oxygen atoms in total. The van der Waals surface area contributed by atoms with E-state index in [4.69, 9.17) is 51.4 Å². The largest absolute Gasteiger partial charge is 0.452 e. The van der Waals surface area contributed by atoms with Gasteiger partial charge in [-0.1, -0.05) is 133 Å². The van der Waals surface area contributed by atoms with Gasteiger partial charge in [-0.05, 0) is 128 Å². The van der Waals surface area contributed by atoms with Crippen LogP contribution >= 0.6 is 0 Å². The molecule has 8 bridgehead atoms. The maximum Gasteiger partial charge on any atom is 0.384 e. The van der Waals surface area contributed by atoms with E-state index in [1.54, 1.807) is 13.4 Å². The molecule has 454 valence electrons. The Kier molecular flexibility index (Phi) is 23.6. The summed E-state index contributed by atoms with van der Waals surface area (Å²) in [6, 6.07) is 6.21. The predicted molar refractivity (Wildman–Crippen MR) is 334 cm³/mol. The summed E-state index contributed by atoms with van der Waals surface area (Å²) in [6.07, 6.45) is 18.3. The third kappa shape index (κ3) is 16.0. The standard InChI is InChI=1S/C66H108N2O10Si3/c1-18-79(19-2,20-3)72-43-59-38-58(70-17)40-66(76-59,78-80(21-4,22-5)23-6)41-63-68-53(42-71-63)34-48(14)60-35-51-26-24-27-52-30-31-61(67-52)62-39-57(77-81(44(7)8,45(9)10)46(11)12)37-56(74-62)36-55-33-47(13)32-54(73-55)28-25-29-64(69)75-65(49(51)15)50(60)16/h24,27,31,34,42,44-46,49-51,54-60,62,65H,13,18-23,26,28,30,32-33,35-41,43H2,1-12,14-17H3/b27-24-,48-34+/t49-,50+,51+,54-,55+,56+,57-,58+,59+,60-,62+,65-,66+/m0/s1. The van der Waals surface area contributed by atoms with Crippen LogP contribution in [-0.2, 0) is 48.2 Å². The van der Waals surface area contributed by atoms with Crippen LogP contribution in [0.5, 0.6) is 0 Å². The van der Waals surface area contributed by atoms with E-state index in [2.05, 4.69) is 147 Å². The van der Waals surface area contributed by atoms with E-state index in [1.807, 2.05) is 0 Å². The van der Waals surface area contributed by atoms with Crippen molar-refractivity contribution < 1.29 is 46.2 Å². The number of aliphatic imine (C=N–C) groups is 1. The normalized spacial score (nSPS) is 32.5. The molecule has 81 heavy (non-hydrogen) atoms. The Hall–Kier alpha value is -2.76. The molecule has 1 aliphatic carbocycles. The molecule has 0 unspecified atom stereocenters. The summed E-state index contributed by atoms with van der Waals surface area (Å²) in [5, 5.41) is 0. The summed E-state index contributed by atoms with van der Waals surface area (Å²) in [7, 11) is -4.44. The summed E-state index contributed by atoms with van der Waals surface area (Å²) in [5.74, 6) is 5.67. The van der Waals surface area contributed by atoms with Gasteiger partial charge in [0.1, 0.15) is 24.2 Å². The highest BCUT2D eigenvalue weighted by Gasteiger charge is 2.51. The maximum atomic E-state index is 13.9. The second-order valence-corrected chi connectivity index (χ2v) is 41.3. The van der Waals surface area contributed by atoms with Gasteiger partial charge in [-0.25, -0.2) is 9.78 Å². The lowest BCUT2D eigenvalue weighted by molar-refractivity contribution is -0.269. The molecule has 0 N–H and O–H groups in total. The predicted octanol–water partition coefficient (Wildman–Crippen LogP) is 16.1. The SMILES string of the molecule is C=C1C[C@@H]2C[C@@H]3C[C@H](O[Si](C(C)C)(C(C)C)C(C)C)C[C@@H](O3)C3=CCC(=N3)/C=C\C[C@@H]3C[C@@H](/C(C)=C/c4coc(C[C@]5(O[Si](CC)(CC)CC)C[C@H](OC)C[C@H](CO[Si](CC)(CC)CC)O5)n4)[C@@H](C)[C@@H](OC(=O)C#CC[C@@H](C1)O2)[C@H]3C. The van der Waals surface area contributed by atoms with Crippen LogP contribution < -0.4 is 0 Å². The van der Waals surface area contributed by atoms with E-state index in [0.717, 1.165) is 110 Å². The van der Waals surface area contributed by atoms with E-state index in [-0.39, 0.29) is 72.5 Å². The van der Waals surface area contributed by atoms with Gasteiger partial charge < -0.3 is 41.4 Å². The van der Waals surface area contributed by atoms with Gasteiger partial charge in [-0.3, -0.25) is 4.99 Å². The first-order valence-electron chi connectivity index (χ1n) is 32.1. The Morgan fingerprint density at radius 2 is 1.53 bits per heavy atom. The number of rotatable bonds is 21. The first-order chi connectivity index (χ1) is 38.6. The van der Waals surface area contributed by atoms with Crippen LogP contribution in [0.4, 0.5) is 0 Å². The van der Waals surface area contributed by atoms with Crippen LogP contribution in [0.25, 0.3) is 6.08 Å². The fourth-order valence-corrected chi connectivity index (χ4v) is 26.7. The van der Waals surface area contributed by atoms with Gasteiger partial charge in [-0.2, -0.15) is 0 Å². The molecule has 7 rings (SSSR count). The van der Waals surface area contributed by atoms with Gasteiger partial charge in [-0.15, -0.1) is 0 Å². The molecule has 4 fully saturated rings. The Bertz CT molecular complexity index is 2390. The van der Waals surface area contributed by atoms with Crippen molar-refractivity contribution >= 4 is 42.7 Å². The Labute approximate surface area is 493 Å². The minimum absolute atomic E-state index is 0.0242. The van der Waals surface area contributed by atoms with E-state index in [0.29, 0.717) is 54.8 Å². The number of hydrogen-bond donors (Lipinski definition) is 0. The molecule has 6 heterocycles. The van der Waals surface area contributed by atoms with Crippen molar-refractivity contribution in [3.63, 3.8) is 0 Å². The summed E-state index contributed by atoms with van der Waals surface area (Å²) >= 11 is 0. The molecule has 0 spiro atoms. The van der Waals surface area contributed by atoms with Gasteiger partial charge in [0.15, 0.2) is 28.3 Å². The van der Waals surface area contributed by atoms with E-state index in [1.165, 1.54) is 5.57 Å². The second kappa shape index (κ2) is 29.1. The van der Waals surface area contributed by atoms with Crippen LogP contribution in [0.2, 0.25) is 52.9 Å². The Morgan fingerprint density at radius 3 is 2.19 bits per heavy atom. The second-order valence-electron chi connectivity index (χ2n) is 26.4. The number of aromatic nitrogens is 1. The number of allylic oxidation sites excluding steroid dienone is 4. The minimum Gasteiger partial charge on any atom is -0.452 e. The molecule has 13 atom stereocenters. The van der Waals surface area contributed by atoms with E-state index >= 15 is 0 Å². The molecule has 1 saturated carbocycles. The molecule has 5 aliphatic heterocycles. The maximum absolute atomic E-state index is 13.9. The number of methoxy groups -OCH3 is 1. The topological polar surface area (TPSA) is 129 Å². The van der Waals surface area contributed by atoms with Crippen LogP contribution in [0.15, 0.2) is 57.3 Å². The molecule has 0 amide bonds. The highest BCUT2D eigenvalue weighted by atomic mass is 28.4. The fraction of sp³-hybridized carbons (Fsp3) is 0.773. The number of ether oxygens (including phenoxy) is 5.